The molecule has 0 spiro atoms. The van der Waals surface area contributed by atoms with Gasteiger partial charge in [-0.3, -0.25) is 4.57 Å². The number of fused-ring (bicyclic) bond motifs is 10. The molecule has 0 saturated heterocycles. The van der Waals surface area contributed by atoms with Gasteiger partial charge in [-0.25, -0.2) is 4.98 Å². The fourth-order valence-electron chi connectivity index (χ4n) is 8.64. The van der Waals surface area contributed by atoms with Crippen molar-refractivity contribution in [2.45, 2.75) is 0 Å². The van der Waals surface area contributed by atoms with Crippen LogP contribution in [0.15, 0.2) is 186 Å². The van der Waals surface area contributed by atoms with Gasteiger partial charge in [0, 0.05) is 38.1 Å². The van der Waals surface area contributed by atoms with E-state index in [-0.39, 0.29) is 0 Å². The van der Waals surface area contributed by atoms with Crippen LogP contribution in [0.4, 0.5) is 0 Å². The van der Waals surface area contributed by atoms with Crippen LogP contribution in [0.5, 0.6) is 0 Å². The highest BCUT2D eigenvalue weighted by Crippen LogP contribution is 2.40. The molecule has 0 amide bonds. The van der Waals surface area contributed by atoms with Crippen LogP contribution in [0.1, 0.15) is 0 Å². The second-order valence-corrected chi connectivity index (χ2v) is 14.4. The second-order valence-electron chi connectivity index (χ2n) is 14.4. The molecule has 5 heteroatoms. The van der Waals surface area contributed by atoms with E-state index in [1.54, 1.807) is 0 Å². The van der Waals surface area contributed by atoms with E-state index in [1.807, 2.05) is 12.1 Å². The van der Waals surface area contributed by atoms with Crippen molar-refractivity contribution in [3.63, 3.8) is 0 Å². The predicted molar refractivity (Wildman–Crippen MR) is 230 cm³/mol. The molecular formula is C51H30N4O. The Morgan fingerprint density at radius 3 is 1.96 bits per heavy atom. The molecule has 0 N–H and O–H groups in total. The Morgan fingerprint density at radius 1 is 0.375 bits per heavy atom. The van der Waals surface area contributed by atoms with Crippen LogP contribution in [0.3, 0.4) is 0 Å². The summed E-state index contributed by atoms with van der Waals surface area (Å²) in [7, 11) is 0. The fraction of sp³-hybridized carbons (Fsp3) is 0. The van der Waals surface area contributed by atoms with Gasteiger partial charge >= 0.3 is 0 Å². The van der Waals surface area contributed by atoms with Crippen LogP contribution in [-0.4, -0.2) is 19.5 Å². The number of furan rings is 1. The lowest BCUT2D eigenvalue weighted by Crippen LogP contribution is -2.06. The number of nitrogens with zero attached hydrogens (tertiary/aromatic N) is 4. The minimum atomic E-state index is 0.556. The van der Waals surface area contributed by atoms with Gasteiger partial charge in [-0.2, -0.15) is 9.97 Å². The van der Waals surface area contributed by atoms with E-state index in [2.05, 4.69) is 174 Å². The molecule has 0 aliphatic heterocycles. The normalized spacial score (nSPS) is 11.9. The van der Waals surface area contributed by atoms with Gasteiger partial charge in [0.1, 0.15) is 11.2 Å². The Hall–Kier alpha value is -7.63. The van der Waals surface area contributed by atoms with Crippen LogP contribution in [-0.2, 0) is 0 Å². The monoisotopic (exact) mass is 714 g/mol. The quantitative estimate of drug-likeness (QED) is 0.182. The molecule has 12 aromatic rings. The molecule has 0 atom stereocenters. The average Bonchev–Trinajstić information content (AvgIpc) is 3.81. The minimum Gasteiger partial charge on any atom is -0.456 e. The van der Waals surface area contributed by atoms with Crippen molar-refractivity contribution < 1.29 is 4.42 Å². The third kappa shape index (κ3) is 4.64. The second kappa shape index (κ2) is 11.9. The maximum absolute atomic E-state index is 6.52. The molecule has 56 heavy (non-hydrogen) atoms. The zero-order valence-electron chi connectivity index (χ0n) is 30.0. The van der Waals surface area contributed by atoms with Gasteiger partial charge in [0.25, 0.3) is 0 Å². The summed E-state index contributed by atoms with van der Waals surface area (Å²) in [6.45, 7) is 0. The van der Waals surface area contributed by atoms with Crippen LogP contribution < -0.4 is 0 Å². The Balaban J connectivity index is 1.17. The largest absolute Gasteiger partial charge is 0.456 e. The lowest BCUT2D eigenvalue weighted by atomic mass is 9.97. The first-order valence-corrected chi connectivity index (χ1v) is 18.9. The number of benzene rings is 9. The summed E-state index contributed by atoms with van der Waals surface area (Å²) < 4.78 is 8.74. The van der Waals surface area contributed by atoms with Crippen LogP contribution >= 0.6 is 0 Å². The SMILES string of the molecule is c1ccc(-c2cccc3cc(-c4nc(-c5cccc6oc7cc8ccccc8cc7c56)nc(-n5c6ccccc6c6ccc7ccccc7c65)n4)ccc23)cc1. The molecule has 0 saturated carbocycles. The lowest BCUT2D eigenvalue weighted by Gasteiger charge is -2.13. The molecular weight excluding hydrogens is 685 g/mol. The topological polar surface area (TPSA) is 56.7 Å². The van der Waals surface area contributed by atoms with Gasteiger partial charge in [-0.05, 0) is 68.4 Å². The number of para-hydroxylation sites is 1. The number of hydrogen-bond donors (Lipinski definition) is 0. The van der Waals surface area contributed by atoms with Crippen molar-refractivity contribution in [3.8, 4) is 39.9 Å². The van der Waals surface area contributed by atoms with E-state index in [4.69, 9.17) is 19.4 Å². The van der Waals surface area contributed by atoms with Gasteiger partial charge in [0.2, 0.25) is 5.95 Å². The number of aromatic nitrogens is 4. The van der Waals surface area contributed by atoms with Gasteiger partial charge < -0.3 is 4.42 Å². The highest BCUT2D eigenvalue weighted by molar-refractivity contribution is 6.19. The van der Waals surface area contributed by atoms with Crippen molar-refractivity contribution in [2.24, 2.45) is 0 Å². The first kappa shape index (κ1) is 30.8. The predicted octanol–water partition coefficient (Wildman–Crippen LogP) is 13.3. The molecule has 12 rings (SSSR count). The lowest BCUT2D eigenvalue weighted by molar-refractivity contribution is 0.669. The molecule has 0 aliphatic carbocycles. The summed E-state index contributed by atoms with van der Waals surface area (Å²) in [6, 6.07) is 63.9. The summed E-state index contributed by atoms with van der Waals surface area (Å²) in [5, 5.41) is 11.2. The van der Waals surface area contributed by atoms with Gasteiger partial charge in [0.05, 0.1) is 11.0 Å². The molecule has 260 valence electrons. The Labute approximate surface area is 320 Å². The molecule has 0 unspecified atom stereocenters. The molecule has 0 aliphatic rings. The molecule has 0 radical (unpaired) electrons. The summed E-state index contributed by atoms with van der Waals surface area (Å²) in [5.74, 6) is 1.73. The summed E-state index contributed by atoms with van der Waals surface area (Å²) in [6.07, 6.45) is 0. The summed E-state index contributed by atoms with van der Waals surface area (Å²) in [5.41, 5.74) is 7.89. The standard InChI is InChI=1S/C51H30N4O/c1-2-12-31(13-3-1)37-20-10-17-35-28-36(25-26-38(35)37)49-52-50(42-21-11-23-45-47(42)43-29-33-15-4-5-16-34(33)30-46(43)56-45)54-51(53-49)55-44-22-9-8-19-40(44)41-27-24-32-14-6-7-18-39(32)48(41)55/h1-30H. The number of rotatable bonds is 4. The van der Waals surface area contributed by atoms with E-state index >= 15 is 0 Å². The first-order valence-electron chi connectivity index (χ1n) is 18.9. The Bertz CT molecular complexity index is 3540. The maximum Gasteiger partial charge on any atom is 0.238 e. The van der Waals surface area contributed by atoms with Gasteiger partial charge in [-0.1, -0.05) is 152 Å². The molecule has 9 aromatic carbocycles. The molecule has 0 fully saturated rings. The van der Waals surface area contributed by atoms with Crippen molar-refractivity contribution >= 4 is 76.1 Å². The molecule has 5 nitrogen and oxygen atoms in total. The van der Waals surface area contributed by atoms with Crippen molar-refractivity contribution in [2.75, 3.05) is 0 Å². The summed E-state index contributed by atoms with van der Waals surface area (Å²) in [4.78, 5) is 16.1. The zero-order valence-corrected chi connectivity index (χ0v) is 30.0. The van der Waals surface area contributed by atoms with Crippen LogP contribution in [0, 0.1) is 0 Å². The Morgan fingerprint density at radius 2 is 1.07 bits per heavy atom. The van der Waals surface area contributed by atoms with Crippen LogP contribution in [0.2, 0.25) is 0 Å². The highest BCUT2D eigenvalue weighted by Gasteiger charge is 2.22. The minimum absolute atomic E-state index is 0.556. The van der Waals surface area contributed by atoms with E-state index in [0.29, 0.717) is 17.6 Å². The molecule has 3 aromatic heterocycles. The van der Waals surface area contributed by atoms with Gasteiger partial charge in [-0.15, -0.1) is 0 Å². The first-order chi connectivity index (χ1) is 27.7. The maximum atomic E-state index is 6.52. The third-order valence-electron chi connectivity index (χ3n) is 11.2. The van der Waals surface area contributed by atoms with Crippen molar-refractivity contribution in [3.05, 3.63) is 182 Å². The van der Waals surface area contributed by atoms with Crippen molar-refractivity contribution in [1.29, 1.82) is 0 Å². The molecule has 3 heterocycles. The van der Waals surface area contributed by atoms with Crippen molar-refractivity contribution in [1.82, 2.24) is 19.5 Å². The van der Waals surface area contributed by atoms with E-state index < -0.39 is 0 Å². The van der Waals surface area contributed by atoms with Crippen LogP contribution in [0.25, 0.3) is 116 Å². The van der Waals surface area contributed by atoms with E-state index in [0.717, 1.165) is 81.8 Å². The van der Waals surface area contributed by atoms with Gasteiger partial charge in [0.15, 0.2) is 11.6 Å². The third-order valence-corrected chi connectivity index (χ3v) is 11.2. The highest BCUT2D eigenvalue weighted by atomic mass is 16.3. The zero-order chi connectivity index (χ0) is 36.7. The average molecular weight is 715 g/mol. The van der Waals surface area contributed by atoms with E-state index in [9.17, 15) is 0 Å². The molecule has 0 bridgehead atoms. The summed E-state index contributed by atoms with van der Waals surface area (Å²) >= 11 is 0. The Kier molecular flexibility index (Phi) is 6.56. The van der Waals surface area contributed by atoms with E-state index in [1.165, 1.54) is 16.5 Å². The fourth-order valence-corrected chi connectivity index (χ4v) is 8.64. The number of hydrogen-bond acceptors (Lipinski definition) is 4. The smallest absolute Gasteiger partial charge is 0.238 e.